The van der Waals surface area contributed by atoms with Gasteiger partial charge in [0.2, 0.25) is 5.91 Å². The molecule has 30 heavy (non-hydrogen) atoms. The molecule has 3 rings (SSSR count). The zero-order chi connectivity index (χ0) is 21.7. The highest BCUT2D eigenvalue weighted by Crippen LogP contribution is 2.28. The lowest BCUT2D eigenvalue weighted by molar-refractivity contribution is -0.122. The van der Waals surface area contributed by atoms with Crippen LogP contribution in [-0.4, -0.2) is 68.5 Å². The van der Waals surface area contributed by atoms with Gasteiger partial charge in [0.15, 0.2) is 16.0 Å². The molecule has 11 nitrogen and oxygen atoms in total. The molecule has 1 aromatic rings. The van der Waals surface area contributed by atoms with Crippen molar-refractivity contribution in [3.8, 4) is 5.75 Å². The summed E-state index contributed by atoms with van der Waals surface area (Å²) in [6.45, 7) is 0.0255. The largest absolute Gasteiger partial charge is 0.488 e. The van der Waals surface area contributed by atoms with E-state index in [-0.39, 0.29) is 36.4 Å². The van der Waals surface area contributed by atoms with Gasteiger partial charge in [-0.25, -0.2) is 12.8 Å². The van der Waals surface area contributed by atoms with Crippen molar-refractivity contribution in [3.63, 3.8) is 0 Å². The van der Waals surface area contributed by atoms with E-state index in [1.807, 2.05) is 0 Å². The summed E-state index contributed by atoms with van der Waals surface area (Å²) in [4.78, 5) is 27.9. The van der Waals surface area contributed by atoms with Crippen molar-refractivity contribution in [1.82, 2.24) is 15.6 Å². The highest BCUT2D eigenvalue weighted by molar-refractivity contribution is 7.91. The molecule has 166 valence electrons. The molecule has 0 saturated carbocycles. The van der Waals surface area contributed by atoms with Crippen LogP contribution in [0.1, 0.15) is 12.8 Å². The first-order chi connectivity index (χ1) is 14.3. The van der Waals surface area contributed by atoms with Crippen LogP contribution in [0.25, 0.3) is 0 Å². The molecule has 1 aromatic heterocycles. The molecule has 0 bridgehead atoms. The molecule has 3 heterocycles. The maximum atomic E-state index is 13.4. The second-order valence-corrected chi connectivity index (χ2v) is 9.65. The summed E-state index contributed by atoms with van der Waals surface area (Å²) in [5.74, 6) is -1.32. The third-order valence-corrected chi connectivity index (χ3v) is 6.82. The molecule has 2 atom stereocenters. The number of sulfone groups is 1. The Hall–Kier alpha value is -2.22. The number of ether oxygens (including phenoxy) is 1. The number of alkyl halides is 1. The van der Waals surface area contributed by atoms with Crippen molar-refractivity contribution in [2.75, 3.05) is 29.9 Å². The number of carbonyl (C=O) groups is 1. The average molecular weight is 444 g/mol. The normalized spacial score (nSPS) is 26.3. The number of halogens is 1. The van der Waals surface area contributed by atoms with Crippen LogP contribution in [0.4, 0.5) is 10.1 Å². The van der Waals surface area contributed by atoms with Gasteiger partial charge in [-0.1, -0.05) is 5.18 Å². The van der Waals surface area contributed by atoms with Gasteiger partial charge >= 0.3 is 0 Å². The highest BCUT2D eigenvalue weighted by atomic mass is 32.2. The maximum absolute atomic E-state index is 13.4. The molecule has 13 heteroatoms. The summed E-state index contributed by atoms with van der Waals surface area (Å²) >= 11 is 0. The SMILES string of the molecule is NC(N=O)C(C(=O)Nc1cnccc1OC1CCS(=O)(=O)CC1)C1NCC(F)CN1. The van der Waals surface area contributed by atoms with E-state index in [4.69, 9.17) is 10.5 Å². The van der Waals surface area contributed by atoms with Gasteiger partial charge in [0, 0.05) is 25.4 Å². The topological polar surface area (TPSA) is 165 Å². The van der Waals surface area contributed by atoms with E-state index in [1.165, 1.54) is 12.4 Å². The quantitative estimate of drug-likeness (QED) is 0.406. The minimum atomic E-state index is -3.03. The fourth-order valence-corrected chi connectivity index (χ4v) is 4.89. The van der Waals surface area contributed by atoms with Crippen molar-refractivity contribution >= 4 is 21.4 Å². The predicted octanol–water partition coefficient (Wildman–Crippen LogP) is -0.499. The Morgan fingerprint density at radius 1 is 1.33 bits per heavy atom. The van der Waals surface area contributed by atoms with E-state index >= 15 is 0 Å². The van der Waals surface area contributed by atoms with Crippen LogP contribution < -0.4 is 26.4 Å². The standard InChI is InChI=1S/C17H25FN6O5S/c18-10-7-21-16(22-8-10)14(15(19)24-26)17(25)23-12-9-20-4-1-13(12)29-11-2-5-30(27,28)6-3-11/h1,4,9-11,14-16,21-22H,2-3,5-8,19H2,(H,23,25). The summed E-state index contributed by atoms with van der Waals surface area (Å²) in [5.41, 5.74) is 5.98. The average Bonchev–Trinajstić information content (AvgIpc) is 2.72. The number of nitroso groups, excluding NO2 is 1. The molecule has 2 saturated heterocycles. The Bertz CT molecular complexity index is 850. The second-order valence-electron chi connectivity index (χ2n) is 7.34. The molecule has 2 aliphatic heterocycles. The Morgan fingerprint density at radius 3 is 2.63 bits per heavy atom. The number of nitrogens with one attached hydrogen (secondary N) is 3. The third kappa shape index (κ3) is 5.68. The molecule has 0 spiro atoms. The zero-order valence-electron chi connectivity index (χ0n) is 16.2. The lowest BCUT2D eigenvalue weighted by atomic mass is 9.99. The Labute approximate surface area is 173 Å². The molecular formula is C17H25FN6O5S. The number of carbonyl (C=O) groups excluding carboxylic acids is 1. The van der Waals surface area contributed by atoms with Gasteiger partial charge < -0.3 is 15.8 Å². The first-order valence-corrected chi connectivity index (χ1v) is 11.4. The number of anilines is 1. The molecule has 2 aliphatic rings. The van der Waals surface area contributed by atoms with Crippen LogP contribution in [0.5, 0.6) is 5.75 Å². The van der Waals surface area contributed by atoms with Gasteiger partial charge in [-0.3, -0.25) is 20.4 Å². The molecule has 0 radical (unpaired) electrons. The van der Waals surface area contributed by atoms with Crippen LogP contribution in [0.15, 0.2) is 23.6 Å². The van der Waals surface area contributed by atoms with E-state index in [9.17, 15) is 22.5 Å². The fraction of sp³-hybridized carbons (Fsp3) is 0.647. The molecule has 0 aromatic carbocycles. The Kier molecular flexibility index (Phi) is 7.28. The van der Waals surface area contributed by atoms with Crippen LogP contribution in [0.2, 0.25) is 0 Å². The van der Waals surface area contributed by atoms with Gasteiger partial charge in [0.25, 0.3) is 0 Å². The number of nitrogens with two attached hydrogens (primary N) is 1. The zero-order valence-corrected chi connectivity index (χ0v) is 17.0. The number of hydrogen-bond acceptors (Lipinski definition) is 10. The van der Waals surface area contributed by atoms with Crippen molar-refractivity contribution in [2.45, 2.75) is 37.4 Å². The molecular weight excluding hydrogens is 419 g/mol. The Morgan fingerprint density at radius 2 is 2.00 bits per heavy atom. The van der Waals surface area contributed by atoms with Crippen molar-refractivity contribution < 1.29 is 22.3 Å². The summed E-state index contributed by atoms with van der Waals surface area (Å²) in [6.07, 6.45) is 0.00885. The number of rotatable bonds is 7. The highest BCUT2D eigenvalue weighted by Gasteiger charge is 2.37. The molecule has 0 aliphatic carbocycles. The van der Waals surface area contributed by atoms with E-state index < -0.39 is 40.2 Å². The van der Waals surface area contributed by atoms with Gasteiger partial charge in [-0.15, -0.1) is 4.91 Å². The number of nitrogens with zero attached hydrogens (tertiary/aromatic N) is 2. The monoisotopic (exact) mass is 444 g/mol. The first kappa shape index (κ1) is 22.5. The van der Waals surface area contributed by atoms with E-state index in [2.05, 4.69) is 26.1 Å². The number of aromatic nitrogens is 1. The number of amides is 1. The van der Waals surface area contributed by atoms with E-state index in [0.717, 1.165) is 0 Å². The minimum absolute atomic E-state index is 0.0128. The lowest BCUT2D eigenvalue weighted by Crippen LogP contribution is -2.62. The summed E-state index contributed by atoms with van der Waals surface area (Å²) < 4.78 is 42.5. The van der Waals surface area contributed by atoms with Crippen LogP contribution in [-0.2, 0) is 14.6 Å². The van der Waals surface area contributed by atoms with Crippen LogP contribution in [0.3, 0.4) is 0 Å². The second kappa shape index (κ2) is 9.73. The van der Waals surface area contributed by atoms with Crippen molar-refractivity contribution in [1.29, 1.82) is 0 Å². The first-order valence-electron chi connectivity index (χ1n) is 9.60. The van der Waals surface area contributed by atoms with Crippen LogP contribution >= 0.6 is 0 Å². The summed E-state index contributed by atoms with van der Waals surface area (Å²) in [7, 11) is -3.03. The molecule has 5 N–H and O–H groups in total. The maximum Gasteiger partial charge on any atom is 0.234 e. The number of hydrogen-bond donors (Lipinski definition) is 4. The molecule has 2 unspecified atom stereocenters. The van der Waals surface area contributed by atoms with Crippen LogP contribution in [0, 0.1) is 10.8 Å². The number of pyridine rings is 1. The summed E-state index contributed by atoms with van der Waals surface area (Å²) in [6, 6.07) is 1.55. The smallest absolute Gasteiger partial charge is 0.234 e. The minimum Gasteiger partial charge on any atom is -0.488 e. The molecule has 1 amide bonds. The third-order valence-electron chi connectivity index (χ3n) is 5.10. The lowest BCUT2D eigenvalue weighted by Gasteiger charge is -2.33. The van der Waals surface area contributed by atoms with Gasteiger partial charge in [0.1, 0.15) is 29.6 Å². The summed E-state index contributed by atoms with van der Waals surface area (Å²) in [5, 5.41) is 11.0. The van der Waals surface area contributed by atoms with E-state index in [0.29, 0.717) is 18.6 Å². The fourth-order valence-electron chi connectivity index (χ4n) is 3.44. The van der Waals surface area contributed by atoms with Gasteiger partial charge in [0.05, 0.1) is 23.9 Å². The van der Waals surface area contributed by atoms with Crippen molar-refractivity contribution in [2.24, 2.45) is 16.8 Å². The van der Waals surface area contributed by atoms with Crippen molar-refractivity contribution in [3.05, 3.63) is 23.4 Å². The molecule has 2 fully saturated rings. The Balaban J connectivity index is 1.71. The van der Waals surface area contributed by atoms with E-state index in [1.54, 1.807) is 6.07 Å². The van der Waals surface area contributed by atoms with Gasteiger partial charge in [-0.2, -0.15) is 0 Å². The van der Waals surface area contributed by atoms with Gasteiger partial charge in [-0.05, 0) is 12.8 Å². The predicted molar refractivity (Wildman–Crippen MR) is 107 cm³/mol.